The molecule has 0 aromatic heterocycles. The Morgan fingerprint density at radius 2 is 1.96 bits per heavy atom. The average Bonchev–Trinajstić information content (AvgIpc) is 2.79. The second kappa shape index (κ2) is 6.13. The van der Waals surface area contributed by atoms with E-state index in [9.17, 15) is 13.2 Å². The summed E-state index contributed by atoms with van der Waals surface area (Å²) in [7, 11) is -3.73. The predicted molar refractivity (Wildman–Crippen MR) is 91.0 cm³/mol. The Morgan fingerprint density at radius 1 is 1.25 bits per heavy atom. The van der Waals surface area contributed by atoms with Gasteiger partial charge in [0, 0.05) is 18.5 Å². The zero-order valence-corrected chi connectivity index (χ0v) is 14.1. The van der Waals surface area contributed by atoms with Crippen molar-refractivity contribution in [2.75, 3.05) is 23.9 Å². The summed E-state index contributed by atoms with van der Waals surface area (Å²) in [6.07, 6.45) is 0.224. The molecule has 0 atom stereocenters. The zero-order chi connectivity index (χ0) is 17.3. The van der Waals surface area contributed by atoms with Crippen molar-refractivity contribution in [1.82, 2.24) is 4.90 Å². The molecule has 0 spiro atoms. The van der Waals surface area contributed by atoms with Gasteiger partial charge < -0.3 is 4.90 Å². The van der Waals surface area contributed by atoms with Gasteiger partial charge in [0.2, 0.25) is 5.91 Å². The SMILES string of the molecule is CCN(CCC#N)C(=O)CN1c2cccc3cccc(c23)S1(=O)=O. The molecule has 24 heavy (non-hydrogen) atoms. The topological polar surface area (TPSA) is 81.5 Å². The van der Waals surface area contributed by atoms with Gasteiger partial charge in [-0.15, -0.1) is 0 Å². The number of anilines is 1. The highest BCUT2D eigenvalue weighted by Crippen LogP contribution is 2.41. The largest absolute Gasteiger partial charge is 0.340 e. The fraction of sp³-hybridized carbons (Fsp3) is 0.294. The molecule has 0 N–H and O–H groups in total. The van der Waals surface area contributed by atoms with Crippen LogP contribution in [0.3, 0.4) is 0 Å². The van der Waals surface area contributed by atoms with Crippen LogP contribution in [0.15, 0.2) is 41.3 Å². The van der Waals surface area contributed by atoms with Crippen molar-refractivity contribution in [3.63, 3.8) is 0 Å². The minimum absolute atomic E-state index is 0.224. The number of hydrogen-bond acceptors (Lipinski definition) is 4. The molecular formula is C17H17N3O3S. The van der Waals surface area contributed by atoms with Crippen molar-refractivity contribution >= 4 is 32.4 Å². The van der Waals surface area contributed by atoms with E-state index in [1.807, 2.05) is 25.1 Å². The number of benzene rings is 2. The Hall–Kier alpha value is -2.59. The number of likely N-dealkylation sites (N-methyl/N-ethyl adjacent to an activating group) is 1. The van der Waals surface area contributed by atoms with Crippen molar-refractivity contribution in [1.29, 1.82) is 5.26 Å². The zero-order valence-electron chi connectivity index (χ0n) is 13.3. The number of amides is 1. The molecule has 124 valence electrons. The molecule has 7 heteroatoms. The van der Waals surface area contributed by atoms with Gasteiger partial charge in [0.05, 0.1) is 23.1 Å². The van der Waals surface area contributed by atoms with Crippen LogP contribution in [0.2, 0.25) is 0 Å². The van der Waals surface area contributed by atoms with Crippen LogP contribution in [0.4, 0.5) is 5.69 Å². The third-order valence-electron chi connectivity index (χ3n) is 4.19. The van der Waals surface area contributed by atoms with Gasteiger partial charge in [-0.2, -0.15) is 5.26 Å². The second-order valence-electron chi connectivity index (χ2n) is 5.52. The van der Waals surface area contributed by atoms with Crippen LogP contribution in [0.5, 0.6) is 0 Å². The van der Waals surface area contributed by atoms with Crippen molar-refractivity contribution in [2.24, 2.45) is 0 Å². The summed E-state index contributed by atoms with van der Waals surface area (Å²) >= 11 is 0. The van der Waals surface area contributed by atoms with E-state index in [-0.39, 0.29) is 23.8 Å². The quantitative estimate of drug-likeness (QED) is 0.832. The Labute approximate surface area is 140 Å². The maximum Gasteiger partial charge on any atom is 0.265 e. The molecule has 1 aliphatic rings. The highest BCUT2D eigenvalue weighted by atomic mass is 32.2. The number of nitriles is 1. The van der Waals surface area contributed by atoms with Gasteiger partial charge in [0.15, 0.2) is 0 Å². The summed E-state index contributed by atoms with van der Waals surface area (Å²) in [6, 6.07) is 12.5. The van der Waals surface area contributed by atoms with Crippen molar-refractivity contribution in [3.05, 3.63) is 36.4 Å². The Kier molecular flexibility index (Phi) is 4.16. The first-order valence-electron chi connectivity index (χ1n) is 7.70. The van der Waals surface area contributed by atoms with E-state index in [0.29, 0.717) is 24.2 Å². The van der Waals surface area contributed by atoms with E-state index in [2.05, 4.69) is 0 Å². The third kappa shape index (κ3) is 2.49. The first-order chi connectivity index (χ1) is 11.5. The molecule has 2 aromatic carbocycles. The highest BCUT2D eigenvalue weighted by Gasteiger charge is 2.37. The Balaban J connectivity index is 1.97. The number of rotatable bonds is 5. The van der Waals surface area contributed by atoms with Gasteiger partial charge in [0.25, 0.3) is 10.0 Å². The average molecular weight is 343 g/mol. The van der Waals surface area contributed by atoms with E-state index in [0.717, 1.165) is 5.39 Å². The molecule has 0 fully saturated rings. The Morgan fingerprint density at radius 3 is 2.62 bits per heavy atom. The lowest BCUT2D eigenvalue weighted by Gasteiger charge is -2.24. The molecule has 0 aliphatic carbocycles. The van der Waals surface area contributed by atoms with E-state index in [1.165, 1.54) is 9.21 Å². The van der Waals surface area contributed by atoms with Crippen LogP contribution in [0.25, 0.3) is 10.8 Å². The van der Waals surface area contributed by atoms with Gasteiger partial charge in [-0.1, -0.05) is 24.3 Å². The molecule has 0 radical (unpaired) electrons. The maximum atomic E-state index is 12.8. The molecule has 0 unspecified atom stereocenters. The lowest BCUT2D eigenvalue weighted by atomic mass is 10.1. The standard InChI is InChI=1S/C17H17N3O3S/c1-2-19(11-5-10-18)16(21)12-20-14-8-3-6-13-7-4-9-15(17(13)14)24(20,22)23/h3-4,6-9H,2,5,11-12H2,1H3. The minimum atomic E-state index is -3.73. The molecule has 0 saturated carbocycles. The van der Waals surface area contributed by atoms with Crippen molar-refractivity contribution in [3.8, 4) is 6.07 Å². The smallest absolute Gasteiger partial charge is 0.265 e. The summed E-state index contributed by atoms with van der Waals surface area (Å²) in [5.41, 5.74) is 0.535. The summed E-state index contributed by atoms with van der Waals surface area (Å²) in [5.74, 6) is -0.305. The van der Waals surface area contributed by atoms with Gasteiger partial charge in [-0.25, -0.2) is 8.42 Å². The fourth-order valence-corrected chi connectivity index (χ4v) is 4.66. The lowest BCUT2D eigenvalue weighted by Crippen LogP contribution is -2.42. The summed E-state index contributed by atoms with van der Waals surface area (Å²) < 4.78 is 26.8. The van der Waals surface area contributed by atoms with Crippen LogP contribution >= 0.6 is 0 Å². The molecular weight excluding hydrogens is 326 g/mol. The van der Waals surface area contributed by atoms with Crippen LogP contribution in [-0.4, -0.2) is 38.9 Å². The fourth-order valence-electron chi connectivity index (χ4n) is 3.00. The molecule has 0 bridgehead atoms. The van der Waals surface area contributed by atoms with Gasteiger partial charge in [-0.05, 0) is 24.4 Å². The van der Waals surface area contributed by atoms with Gasteiger partial charge in [-0.3, -0.25) is 9.10 Å². The molecule has 6 nitrogen and oxygen atoms in total. The first kappa shape index (κ1) is 16.3. The lowest BCUT2D eigenvalue weighted by molar-refractivity contribution is -0.129. The molecule has 1 heterocycles. The number of nitrogens with zero attached hydrogens (tertiary/aromatic N) is 3. The normalized spacial score (nSPS) is 14.6. The molecule has 1 amide bonds. The molecule has 1 aliphatic heterocycles. The summed E-state index contributed by atoms with van der Waals surface area (Å²) in [6.45, 7) is 2.29. The number of carbonyl (C=O) groups is 1. The van der Waals surface area contributed by atoms with Crippen LogP contribution in [0.1, 0.15) is 13.3 Å². The first-order valence-corrected chi connectivity index (χ1v) is 9.14. The van der Waals surface area contributed by atoms with E-state index in [1.54, 1.807) is 24.3 Å². The Bertz CT molecular complexity index is 942. The predicted octanol–water partition coefficient (Wildman–Crippen LogP) is 2.11. The van der Waals surface area contributed by atoms with E-state index in [4.69, 9.17) is 5.26 Å². The maximum absolute atomic E-state index is 12.8. The number of carbonyl (C=O) groups excluding carboxylic acids is 1. The van der Waals surface area contributed by atoms with E-state index < -0.39 is 10.0 Å². The van der Waals surface area contributed by atoms with Gasteiger partial charge >= 0.3 is 0 Å². The molecule has 2 aromatic rings. The second-order valence-corrected chi connectivity index (χ2v) is 7.36. The summed E-state index contributed by atoms with van der Waals surface area (Å²) in [4.78, 5) is 14.2. The number of hydrogen-bond donors (Lipinski definition) is 0. The summed E-state index contributed by atoms with van der Waals surface area (Å²) in [5, 5.41) is 10.2. The van der Waals surface area contributed by atoms with Crippen molar-refractivity contribution in [2.45, 2.75) is 18.2 Å². The third-order valence-corrected chi connectivity index (χ3v) is 5.99. The van der Waals surface area contributed by atoms with Crippen LogP contribution in [-0.2, 0) is 14.8 Å². The minimum Gasteiger partial charge on any atom is -0.340 e. The van der Waals surface area contributed by atoms with Crippen molar-refractivity contribution < 1.29 is 13.2 Å². The number of sulfonamides is 1. The monoisotopic (exact) mass is 343 g/mol. The van der Waals surface area contributed by atoms with Crippen LogP contribution < -0.4 is 4.31 Å². The highest BCUT2D eigenvalue weighted by molar-refractivity contribution is 7.93. The van der Waals surface area contributed by atoms with Crippen LogP contribution in [0, 0.1) is 11.3 Å². The van der Waals surface area contributed by atoms with E-state index >= 15 is 0 Å². The molecule has 3 rings (SSSR count). The molecule has 0 saturated heterocycles. The van der Waals surface area contributed by atoms with Gasteiger partial charge in [0.1, 0.15) is 6.54 Å².